The van der Waals surface area contributed by atoms with Crippen molar-refractivity contribution in [2.24, 2.45) is 11.7 Å². The largest absolute Gasteiger partial charge is 0.379 e. The molecule has 0 saturated carbocycles. The quantitative estimate of drug-likeness (QED) is 0.149. The van der Waals surface area contributed by atoms with Gasteiger partial charge < -0.3 is 31.2 Å². The summed E-state index contributed by atoms with van der Waals surface area (Å²) in [5.41, 5.74) is 5.34. The van der Waals surface area contributed by atoms with Gasteiger partial charge in [0.05, 0.1) is 33.0 Å². The lowest BCUT2D eigenvalue weighted by Crippen LogP contribution is -2.54. The van der Waals surface area contributed by atoms with E-state index in [2.05, 4.69) is 16.0 Å². The van der Waals surface area contributed by atoms with E-state index in [1.807, 2.05) is 0 Å². The Morgan fingerprint density at radius 3 is 2.12 bits per heavy atom. The molecule has 0 radical (unpaired) electrons. The monoisotopic (exact) mass is 469 g/mol. The standard InChI is InChI=1S/C21H35N5O7/c1-14(2)19(21(31)24-15(3)20(30)23-8-7-22)25-16(27)6-10-32-12-13-33-11-9-26-17(28)4-5-18(26)29/h4-5,14-15,19H,6-13,22H2,1-3H3,(H,23,30)(H,24,31)(H,25,27)/t15-,19-/m0/s1. The zero-order chi connectivity index (χ0) is 24.8. The molecule has 0 bridgehead atoms. The van der Waals surface area contributed by atoms with E-state index in [9.17, 15) is 24.0 Å². The smallest absolute Gasteiger partial charge is 0.253 e. The molecule has 2 atom stereocenters. The fourth-order valence-electron chi connectivity index (χ4n) is 2.79. The second kappa shape index (κ2) is 15.1. The Morgan fingerprint density at radius 2 is 1.55 bits per heavy atom. The Hall–Kier alpha value is -2.83. The van der Waals surface area contributed by atoms with Crippen LogP contribution >= 0.6 is 0 Å². The molecule has 0 aliphatic carbocycles. The van der Waals surface area contributed by atoms with Gasteiger partial charge in [0.25, 0.3) is 11.8 Å². The minimum atomic E-state index is -0.795. The van der Waals surface area contributed by atoms with Gasteiger partial charge in [-0.1, -0.05) is 13.8 Å². The molecule has 1 rings (SSSR count). The summed E-state index contributed by atoms with van der Waals surface area (Å²) in [7, 11) is 0. The van der Waals surface area contributed by atoms with E-state index in [-0.39, 0.29) is 68.9 Å². The maximum atomic E-state index is 12.5. The van der Waals surface area contributed by atoms with Crippen LogP contribution in [0.5, 0.6) is 0 Å². The number of nitrogens with zero attached hydrogens (tertiary/aromatic N) is 1. The van der Waals surface area contributed by atoms with Crippen molar-refractivity contribution in [3.8, 4) is 0 Å². The van der Waals surface area contributed by atoms with Crippen molar-refractivity contribution in [1.82, 2.24) is 20.9 Å². The number of hydrogen-bond donors (Lipinski definition) is 4. The molecule has 0 aromatic rings. The highest BCUT2D eigenvalue weighted by atomic mass is 16.5. The van der Waals surface area contributed by atoms with E-state index in [0.29, 0.717) is 13.1 Å². The lowest BCUT2D eigenvalue weighted by Gasteiger charge is -2.23. The minimum Gasteiger partial charge on any atom is -0.379 e. The van der Waals surface area contributed by atoms with Crippen molar-refractivity contribution >= 4 is 29.5 Å². The zero-order valence-corrected chi connectivity index (χ0v) is 19.4. The van der Waals surface area contributed by atoms with Gasteiger partial charge in [0.1, 0.15) is 12.1 Å². The number of carbonyl (C=O) groups excluding carboxylic acids is 5. The molecule has 0 aromatic heterocycles. The second-order valence-electron chi connectivity index (χ2n) is 7.74. The molecule has 186 valence electrons. The average Bonchev–Trinajstić information content (AvgIpc) is 3.09. The van der Waals surface area contributed by atoms with Gasteiger partial charge in [0.2, 0.25) is 17.7 Å². The number of nitrogens with one attached hydrogen (secondary N) is 3. The van der Waals surface area contributed by atoms with Crippen LogP contribution < -0.4 is 21.7 Å². The summed E-state index contributed by atoms with van der Waals surface area (Å²) in [4.78, 5) is 60.4. The summed E-state index contributed by atoms with van der Waals surface area (Å²) in [5.74, 6) is -2.07. The number of ether oxygens (including phenoxy) is 2. The van der Waals surface area contributed by atoms with Crippen LogP contribution in [0, 0.1) is 5.92 Å². The van der Waals surface area contributed by atoms with Crippen molar-refractivity contribution in [2.45, 2.75) is 39.3 Å². The van der Waals surface area contributed by atoms with Gasteiger partial charge in [-0.25, -0.2) is 0 Å². The van der Waals surface area contributed by atoms with Crippen molar-refractivity contribution in [2.75, 3.05) is 46.1 Å². The molecule has 0 unspecified atom stereocenters. The number of amides is 5. The van der Waals surface area contributed by atoms with Crippen LogP contribution in [0.2, 0.25) is 0 Å². The topological polar surface area (TPSA) is 169 Å². The Kier molecular flexibility index (Phi) is 12.9. The molecule has 1 heterocycles. The molecule has 12 heteroatoms. The summed E-state index contributed by atoms with van der Waals surface area (Å²) in [5, 5.41) is 7.85. The second-order valence-corrected chi connectivity index (χ2v) is 7.74. The van der Waals surface area contributed by atoms with E-state index >= 15 is 0 Å². The molecular weight excluding hydrogens is 434 g/mol. The summed E-state index contributed by atoms with van der Waals surface area (Å²) in [6, 6.07) is -1.56. The summed E-state index contributed by atoms with van der Waals surface area (Å²) >= 11 is 0. The normalized spacial score (nSPS) is 15.0. The van der Waals surface area contributed by atoms with E-state index in [1.54, 1.807) is 20.8 Å². The third kappa shape index (κ3) is 10.6. The van der Waals surface area contributed by atoms with Gasteiger partial charge in [-0.15, -0.1) is 0 Å². The summed E-state index contributed by atoms with van der Waals surface area (Å²) < 4.78 is 10.7. The van der Waals surface area contributed by atoms with E-state index < -0.39 is 18.0 Å². The highest BCUT2D eigenvalue weighted by molar-refractivity contribution is 6.12. The van der Waals surface area contributed by atoms with Crippen LogP contribution in [0.15, 0.2) is 12.2 Å². The molecule has 0 aromatic carbocycles. The lowest BCUT2D eigenvalue weighted by atomic mass is 10.0. The average molecular weight is 470 g/mol. The number of carbonyl (C=O) groups is 5. The molecule has 5 amide bonds. The van der Waals surface area contributed by atoms with Crippen molar-refractivity contribution in [3.05, 3.63) is 12.2 Å². The van der Waals surface area contributed by atoms with E-state index in [0.717, 1.165) is 4.90 Å². The third-order valence-electron chi connectivity index (χ3n) is 4.67. The molecular formula is C21H35N5O7. The molecule has 0 spiro atoms. The van der Waals surface area contributed by atoms with Crippen molar-refractivity contribution < 1.29 is 33.4 Å². The van der Waals surface area contributed by atoms with E-state index in [4.69, 9.17) is 15.2 Å². The predicted octanol–water partition coefficient (Wildman–Crippen LogP) is -1.94. The molecule has 0 fully saturated rings. The first-order valence-electron chi connectivity index (χ1n) is 10.9. The molecule has 33 heavy (non-hydrogen) atoms. The Balaban J connectivity index is 2.22. The van der Waals surface area contributed by atoms with Gasteiger partial charge >= 0.3 is 0 Å². The predicted molar refractivity (Wildman–Crippen MR) is 119 cm³/mol. The first-order valence-corrected chi connectivity index (χ1v) is 10.9. The Morgan fingerprint density at radius 1 is 0.939 bits per heavy atom. The molecule has 1 aliphatic heterocycles. The van der Waals surface area contributed by atoms with Crippen molar-refractivity contribution in [1.29, 1.82) is 0 Å². The fourth-order valence-corrected chi connectivity index (χ4v) is 2.79. The van der Waals surface area contributed by atoms with E-state index in [1.165, 1.54) is 12.2 Å². The van der Waals surface area contributed by atoms with Crippen molar-refractivity contribution in [3.63, 3.8) is 0 Å². The van der Waals surface area contributed by atoms with Crippen LogP contribution in [0.1, 0.15) is 27.2 Å². The molecule has 5 N–H and O–H groups in total. The number of hydrogen-bond acceptors (Lipinski definition) is 8. The molecule has 0 saturated heterocycles. The van der Waals surface area contributed by atoms with Crippen LogP contribution in [0.4, 0.5) is 0 Å². The molecule has 12 nitrogen and oxygen atoms in total. The first kappa shape index (κ1) is 28.2. The Labute approximate surface area is 193 Å². The lowest BCUT2D eigenvalue weighted by molar-refractivity contribution is -0.137. The SMILES string of the molecule is CC(C)[C@H](NC(=O)CCOCCOCCN1C(=O)C=CC1=O)C(=O)N[C@@H](C)C(=O)NCCN. The van der Waals surface area contributed by atoms with Gasteiger partial charge in [-0.2, -0.15) is 0 Å². The number of nitrogens with two attached hydrogens (primary N) is 1. The van der Waals surface area contributed by atoms with Crippen LogP contribution in [-0.4, -0.2) is 92.6 Å². The third-order valence-corrected chi connectivity index (χ3v) is 4.67. The van der Waals surface area contributed by atoms with Crippen LogP contribution in [0.3, 0.4) is 0 Å². The first-order chi connectivity index (χ1) is 15.7. The minimum absolute atomic E-state index is 0.0471. The highest BCUT2D eigenvalue weighted by Gasteiger charge is 2.27. The van der Waals surface area contributed by atoms with Gasteiger partial charge in [0.15, 0.2) is 0 Å². The summed E-state index contributed by atoms with van der Waals surface area (Å²) in [6.07, 6.45) is 2.47. The maximum absolute atomic E-state index is 12.5. The Bertz CT molecular complexity index is 708. The van der Waals surface area contributed by atoms with Gasteiger partial charge in [0, 0.05) is 31.7 Å². The van der Waals surface area contributed by atoms with Crippen LogP contribution in [-0.2, 0) is 33.4 Å². The zero-order valence-electron chi connectivity index (χ0n) is 19.4. The number of imide groups is 1. The van der Waals surface area contributed by atoms with Gasteiger partial charge in [-0.05, 0) is 12.8 Å². The number of rotatable bonds is 16. The molecule has 1 aliphatic rings. The van der Waals surface area contributed by atoms with Gasteiger partial charge in [-0.3, -0.25) is 28.9 Å². The summed E-state index contributed by atoms with van der Waals surface area (Å²) in [6.45, 7) is 6.70. The van der Waals surface area contributed by atoms with Crippen LogP contribution in [0.25, 0.3) is 0 Å². The maximum Gasteiger partial charge on any atom is 0.253 e. The highest BCUT2D eigenvalue weighted by Crippen LogP contribution is 2.04. The fraction of sp³-hybridized carbons (Fsp3) is 0.667.